The van der Waals surface area contributed by atoms with Crippen molar-refractivity contribution in [3.8, 4) is 0 Å². The Hall–Kier alpha value is -1.69. The average Bonchev–Trinajstić information content (AvgIpc) is 3.34. The number of carbonyl (C=O) groups excluding carboxylic acids is 1. The molecule has 0 spiro atoms. The van der Waals surface area contributed by atoms with Crippen LogP contribution in [0.5, 0.6) is 0 Å². The summed E-state index contributed by atoms with van der Waals surface area (Å²) in [7, 11) is 0. The highest BCUT2D eigenvalue weighted by Gasteiger charge is 2.41. The van der Waals surface area contributed by atoms with Gasteiger partial charge in [-0.1, -0.05) is 0 Å². The average molecular weight is 316 g/mol. The fraction of sp³-hybridized carbons (Fsp3) is 0.706. The number of aryl methyl sites for hydroxylation is 1. The zero-order valence-corrected chi connectivity index (χ0v) is 13.6. The molecular formula is C17H24N4O2. The van der Waals surface area contributed by atoms with Gasteiger partial charge in [0, 0.05) is 31.5 Å². The molecule has 124 valence electrons. The Morgan fingerprint density at radius 2 is 2.22 bits per heavy atom. The third-order valence-electron chi connectivity index (χ3n) is 5.33. The molecular weight excluding hydrogens is 292 g/mol. The Bertz CT molecular complexity index is 572. The number of hydrogen-bond acceptors (Lipinski definition) is 5. The first-order valence-corrected chi connectivity index (χ1v) is 8.65. The number of piperidine rings is 1. The quantitative estimate of drug-likeness (QED) is 0.902. The molecule has 2 aliphatic heterocycles. The van der Waals surface area contributed by atoms with Crippen LogP contribution >= 0.6 is 0 Å². The van der Waals surface area contributed by atoms with E-state index in [1.54, 1.807) is 0 Å². The van der Waals surface area contributed by atoms with Crippen molar-refractivity contribution in [1.29, 1.82) is 0 Å². The second-order valence-electron chi connectivity index (χ2n) is 7.08. The van der Waals surface area contributed by atoms with Gasteiger partial charge in [-0.15, -0.1) is 5.10 Å². The van der Waals surface area contributed by atoms with Crippen molar-refractivity contribution >= 4 is 11.7 Å². The van der Waals surface area contributed by atoms with E-state index in [4.69, 9.17) is 4.74 Å². The van der Waals surface area contributed by atoms with E-state index < -0.39 is 0 Å². The summed E-state index contributed by atoms with van der Waals surface area (Å²) in [6.07, 6.45) is 3.37. The van der Waals surface area contributed by atoms with Gasteiger partial charge < -0.3 is 15.0 Å². The van der Waals surface area contributed by atoms with Crippen LogP contribution in [-0.2, 0) is 9.53 Å². The molecule has 1 aromatic rings. The van der Waals surface area contributed by atoms with E-state index in [9.17, 15) is 4.79 Å². The number of nitrogens with one attached hydrogen (secondary N) is 1. The van der Waals surface area contributed by atoms with Crippen LogP contribution in [0.15, 0.2) is 12.1 Å². The van der Waals surface area contributed by atoms with Gasteiger partial charge in [0.25, 0.3) is 0 Å². The molecule has 1 aliphatic carbocycles. The van der Waals surface area contributed by atoms with E-state index >= 15 is 0 Å². The van der Waals surface area contributed by atoms with Crippen LogP contribution < -0.4 is 10.2 Å². The summed E-state index contributed by atoms with van der Waals surface area (Å²) >= 11 is 0. The van der Waals surface area contributed by atoms with Crippen molar-refractivity contribution in [1.82, 2.24) is 15.5 Å². The number of amides is 1. The maximum Gasteiger partial charge on any atom is 0.223 e. The van der Waals surface area contributed by atoms with Gasteiger partial charge in [0.15, 0.2) is 5.82 Å². The highest BCUT2D eigenvalue weighted by Crippen LogP contribution is 2.35. The van der Waals surface area contributed by atoms with Gasteiger partial charge in [0.1, 0.15) is 0 Å². The summed E-state index contributed by atoms with van der Waals surface area (Å²) in [5.74, 6) is 2.51. The summed E-state index contributed by atoms with van der Waals surface area (Å²) in [6, 6.07) is 4.06. The van der Waals surface area contributed by atoms with Crippen molar-refractivity contribution in [2.45, 2.75) is 32.3 Å². The minimum absolute atomic E-state index is 0.175. The largest absolute Gasteiger partial charge is 0.376 e. The Kier molecular flexibility index (Phi) is 3.93. The molecule has 0 aromatic carbocycles. The van der Waals surface area contributed by atoms with E-state index in [0.29, 0.717) is 18.4 Å². The van der Waals surface area contributed by atoms with E-state index in [1.807, 2.05) is 19.1 Å². The van der Waals surface area contributed by atoms with Gasteiger partial charge >= 0.3 is 0 Å². The number of fused-ring (bicyclic) bond motifs is 1. The molecule has 4 rings (SSSR count). The molecule has 6 heteroatoms. The third kappa shape index (κ3) is 3.17. The Morgan fingerprint density at radius 3 is 2.96 bits per heavy atom. The van der Waals surface area contributed by atoms with Crippen LogP contribution in [0.4, 0.5) is 5.82 Å². The van der Waals surface area contributed by atoms with Gasteiger partial charge in [-0.25, -0.2) is 0 Å². The lowest BCUT2D eigenvalue weighted by Gasteiger charge is -2.36. The molecule has 1 saturated carbocycles. The number of anilines is 1. The molecule has 1 N–H and O–H groups in total. The number of rotatable bonds is 4. The maximum atomic E-state index is 11.8. The molecule has 3 heterocycles. The van der Waals surface area contributed by atoms with Crippen molar-refractivity contribution in [3.05, 3.63) is 17.8 Å². The summed E-state index contributed by atoms with van der Waals surface area (Å²) in [5.41, 5.74) is 0.944. The summed E-state index contributed by atoms with van der Waals surface area (Å²) in [5, 5.41) is 11.5. The molecule has 3 fully saturated rings. The first-order chi connectivity index (χ1) is 11.2. The number of aromatic nitrogens is 2. The van der Waals surface area contributed by atoms with Crippen LogP contribution in [0.3, 0.4) is 0 Å². The Morgan fingerprint density at radius 1 is 1.35 bits per heavy atom. The van der Waals surface area contributed by atoms with Crippen molar-refractivity contribution in [2.75, 3.05) is 31.1 Å². The lowest BCUT2D eigenvalue weighted by atomic mass is 9.84. The molecule has 0 radical (unpaired) electrons. The minimum Gasteiger partial charge on any atom is -0.376 e. The highest BCUT2D eigenvalue weighted by atomic mass is 16.5. The van der Waals surface area contributed by atoms with Crippen molar-refractivity contribution in [2.24, 2.45) is 17.8 Å². The topological polar surface area (TPSA) is 67.3 Å². The summed E-state index contributed by atoms with van der Waals surface area (Å²) < 4.78 is 5.98. The summed E-state index contributed by atoms with van der Waals surface area (Å²) in [4.78, 5) is 14.1. The highest BCUT2D eigenvalue weighted by molar-refractivity contribution is 5.80. The predicted octanol–water partition coefficient (Wildman–Crippen LogP) is 1.15. The lowest BCUT2D eigenvalue weighted by molar-refractivity contribution is -0.122. The molecule has 0 bridgehead atoms. The Labute approximate surface area is 136 Å². The zero-order chi connectivity index (χ0) is 15.8. The molecule has 1 amide bonds. The molecule has 1 aromatic heterocycles. The first-order valence-electron chi connectivity index (χ1n) is 8.65. The standard InChI is InChI=1S/C17H24N4O2/c1-11-2-5-16(20-19-11)21-7-6-14-13(9-21)10-23-15(14)8-18-17(22)12-3-4-12/h2,5,12-15H,3-4,6-10H2,1H3,(H,18,22)/t13-,14-,15-/m0/s1. The predicted molar refractivity (Wildman–Crippen MR) is 86.1 cm³/mol. The molecule has 23 heavy (non-hydrogen) atoms. The van der Waals surface area contributed by atoms with E-state index in [0.717, 1.165) is 50.5 Å². The number of carbonyl (C=O) groups is 1. The molecule has 0 unspecified atom stereocenters. The second-order valence-corrected chi connectivity index (χ2v) is 7.08. The van der Waals surface area contributed by atoms with Gasteiger partial charge in [0.05, 0.1) is 18.4 Å². The van der Waals surface area contributed by atoms with Gasteiger partial charge in [0.2, 0.25) is 5.91 Å². The fourth-order valence-corrected chi connectivity index (χ4v) is 3.76. The number of nitrogens with zero attached hydrogens (tertiary/aromatic N) is 3. The number of ether oxygens (including phenoxy) is 1. The molecule has 2 saturated heterocycles. The van der Waals surface area contributed by atoms with Crippen molar-refractivity contribution < 1.29 is 9.53 Å². The first kappa shape index (κ1) is 14.9. The second kappa shape index (κ2) is 6.07. The van der Waals surface area contributed by atoms with Crippen LogP contribution in [0.25, 0.3) is 0 Å². The normalized spacial score (nSPS) is 30.1. The molecule has 6 nitrogen and oxygen atoms in total. The molecule has 3 atom stereocenters. The third-order valence-corrected chi connectivity index (χ3v) is 5.33. The maximum absolute atomic E-state index is 11.8. The monoisotopic (exact) mass is 316 g/mol. The van der Waals surface area contributed by atoms with Crippen LogP contribution in [0.1, 0.15) is 25.0 Å². The van der Waals surface area contributed by atoms with E-state index in [1.165, 1.54) is 0 Å². The Balaban J connectivity index is 1.33. The van der Waals surface area contributed by atoms with Crippen LogP contribution in [0, 0.1) is 24.7 Å². The summed E-state index contributed by atoms with van der Waals surface area (Å²) in [6.45, 7) is 5.35. The SMILES string of the molecule is Cc1ccc(N2CC[C@H]3[C@H](CO[C@H]3CNC(=O)C3CC3)C2)nn1. The smallest absolute Gasteiger partial charge is 0.223 e. The lowest BCUT2D eigenvalue weighted by Crippen LogP contribution is -2.44. The van der Waals surface area contributed by atoms with Crippen molar-refractivity contribution in [3.63, 3.8) is 0 Å². The zero-order valence-electron chi connectivity index (χ0n) is 13.6. The fourth-order valence-electron chi connectivity index (χ4n) is 3.76. The number of hydrogen-bond donors (Lipinski definition) is 1. The van der Waals surface area contributed by atoms with Crippen LogP contribution in [0.2, 0.25) is 0 Å². The van der Waals surface area contributed by atoms with E-state index in [2.05, 4.69) is 20.4 Å². The van der Waals surface area contributed by atoms with E-state index in [-0.39, 0.29) is 17.9 Å². The molecule has 3 aliphatic rings. The minimum atomic E-state index is 0.175. The van der Waals surface area contributed by atoms with Gasteiger partial charge in [-0.2, -0.15) is 5.10 Å². The van der Waals surface area contributed by atoms with Crippen LogP contribution in [-0.4, -0.2) is 48.4 Å². The van der Waals surface area contributed by atoms with Gasteiger partial charge in [-0.3, -0.25) is 4.79 Å². The van der Waals surface area contributed by atoms with Gasteiger partial charge in [-0.05, 0) is 44.2 Å².